The normalized spacial score (nSPS) is 13.5. The number of nitrogens with one attached hydrogen (secondary N) is 2. The Bertz CT molecular complexity index is 472. The summed E-state index contributed by atoms with van der Waals surface area (Å²) in [6.07, 6.45) is 8.83. The molecule has 0 atom stereocenters. The van der Waals surface area contributed by atoms with Crippen LogP contribution in [0.1, 0.15) is 5.56 Å². The van der Waals surface area contributed by atoms with E-state index in [0.717, 1.165) is 5.56 Å². The van der Waals surface area contributed by atoms with E-state index in [1.807, 2.05) is 30.3 Å². The number of rotatable bonds is 3. The minimum Gasteiger partial charge on any atom is -0.368 e. The summed E-state index contributed by atoms with van der Waals surface area (Å²) in [5, 5.41) is 5.79. The first kappa shape index (κ1) is 11.2. The summed E-state index contributed by atoms with van der Waals surface area (Å²) in [5.74, 6) is -0.0709. The Labute approximate surface area is 101 Å². The average Bonchev–Trinajstić information content (AvgIpc) is 2.66. The van der Waals surface area contributed by atoms with Gasteiger partial charge in [0.1, 0.15) is 0 Å². The van der Waals surface area contributed by atoms with Gasteiger partial charge >= 0.3 is 0 Å². The molecule has 0 aliphatic carbocycles. The van der Waals surface area contributed by atoms with Crippen molar-refractivity contribution < 1.29 is 4.79 Å². The van der Waals surface area contributed by atoms with Gasteiger partial charge in [-0.2, -0.15) is 0 Å². The van der Waals surface area contributed by atoms with Crippen LogP contribution in [0.2, 0.25) is 0 Å². The second-order valence-electron chi connectivity index (χ2n) is 3.65. The van der Waals surface area contributed by atoms with E-state index >= 15 is 0 Å². The number of carbonyl (C=O) groups excluding carboxylic acids is 1. The maximum Gasteiger partial charge on any atom is 0.251 e. The van der Waals surface area contributed by atoms with E-state index in [9.17, 15) is 4.79 Å². The Morgan fingerprint density at radius 3 is 2.82 bits per heavy atom. The molecule has 0 radical (unpaired) electrons. The third kappa shape index (κ3) is 3.34. The van der Waals surface area contributed by atoms with Crippen LogP contribution in [0.25, 0.3) is 0 Å². The Hall–Kier alpha value is -2.29. The second-order valence-corrected chi connectivity index (χ2v) is 3.65. The van der Waals surface area contributed by atoms with Gasteiger partial charge in [0.2, 0.25) is 0 Å². The fourth-order valence-electron chi connectivity index (χ4n) is 1.49. The molecular weight excluding hydrogens is 212 g/mol. The standard InChI is InChI=1S/C14H14N2O/c17-14(13-7-4-9-15-10-8-13)16-11-12-5-2-1-3-6-12/h1-10,15H,11H2,(H,16,17). The van der Waals surface area contributed by atoms with Crippen LogP contribution in [-0.2, 0) is 11.3 Å². The highest BCUT2D eigenvalue weighted by molar-refractivity contribution is 5.96. The Kier molecular flexibility index (Phi) is 3.76. The molecule has 0 aromatic heterocycles. The molecule has 0 unspecified atom stereocenters. The van der Waals surface area contributed by atoms with Crippen LogP contribution in [0, 0.1) is 0 Å². The Morgan fingerprint density at radius 1 is 1.18 bits per heavy atom. The second kappa shape index (κ2) is 5.70. The molecule has 1 heterocycles. The van der Waals surface area contributed by atoms with Crippen molar-refractivity contribution in [1.29, 1.82) is 0 Å². The summed E-state index contributed by atoms with van der Waals surface area (Å²) < 4.78 is 0. The van der Waals surface area contributed by atoms with Crippen molar-refractivity contribution in [3.05, 3.63) is 72.1 Å². The molecule has 86 valence electrons. The Balaban J connectivity index is 1.94. The van der Waals surface area contributed by atoms with Crippen LogP contribution in [0.3, 0.4) is 0 Å². The SMILES string of the molecule is O=C(NCc1ccccc1)C1=CC=CNC=C1. The largest absolute Gasteiger partial charge is 0.368 e. The van der Waals surface area contributed by atoms with E-state index in [0.29, 0.717) is 12.1 Å². The topological polar surface area (TPSA) is 41.1 Å². The smallest absolute Gasteiger partial charge is 0.251 e. The van der Waals surface area contributed by atoms with Crippen LogP contribution in [0.4, 0.5) is 0 Å². The quantitative estimate of drug-likeness (QED) is 0.826. The van der Waals surface area contributed by atoms with Gasteiger partial charge in [-0.1, -0.05) is 30.3 Å². The molecule has 3 nitrogen and oxygen atoms in total. The van der Waals surface area contributed by atoms with E-state index < -0.39 is 0 Å². The van der Waals surface area contributed by atoms with Gasteiger partial charge in [0.05, 0.1) is 0 Å². The molecule has 1 amide bonds. The van der Waals surface area contributed by atoms with Gasteiger partial charge in [0, 0.05) is 24.5 Å². The first-order valence-electron chi connectivity index (χ1n) is 5.48. The van der Waals surface area contributed by atoms with Crippen molar-refractivity contribution in [2.75, 3.05) is 0 Å². The highest BCUT2D eigenvalue weighted by Crippen LogP contribution is 2.02. The zero-order valence-corrected chi connectivity index (χ0v) is 9.39. The van der Waals surface area contributed by atoms with Crippen molar-refractivity contribution in [3.8, 4) is 0 Å². The maximum atomic E-state index is 11.8. The number of hydrogen-bond donors (Lipinski definition) is 2. The van der Waals surface area contributed by atoms with Crippen molar-refractivity contribution in [1.82, 2.24) is 10.6 Å². The maximum absolute atomic E-state index is 11.8. The third-order valence-electron chi connectivity index (χ3n) is 2.39. The predicted octanol–water partition coefficient (Wildman–Crippen LogP) is 1.86. The van der Waals surface area contributed by atoms with E-state index in [1.165, 1.54) is 0 Å². The van der Waals surface area contributed by atoms with E-state index in [-0.39, 0.29) is 5.91 Å². The first-order chi connectivity index (χ1) is 8.36. The molecule has 1 aromatic carbocycles. The predicted molar refractivity (Wildman–Crippen MR) is 67.8 cm³/mol. The zero-order valence-electron chi connectivity index (χ0n) is 9.39. The van der Waals surface area contributed by atoms with Crippen LogP contribution in [-0.4, -0.2) is 5.91 Å². The molecule has 3 heteroatoms. The summed E-state index contributed by atoms with van der Waals surface area (Å²) in [5.41, 5.74) is 1.73. The Morgan fingerprint density at radius 2 is 2.00 bits per heavy atom. The highest BCUT2D eigenvalue weighted by Gasteiger charge is 2.05. The molecule has 0 saturated carbocycles. The molecule has 2 rings (SSSR count). The number of benzene rings is 1. The van der Waals surface area contributed by atoms with Crippen LogP contribution in [0.15, 0.2) is 66.5 Å². The van der Waals surface area contributed by atoms with Crippen molar-refractivity contribution >= 4 is 5.91 Å². The third-order valence-corrected chi connectivity index (χ3v) is 2.39. The van der Waals surface area contributed by atoms with E-state index in [1.54, 1.807) is 30.6 Å². The summed E-state index contributed by atoms with van der Waals surface area (Å²) in [6, 6.07) is 9.84. The molecule has 0 saturated heterocycles. The van der Waals surface area contributed by atoms with Gasteiger partial charge in [-0.15, -0.1) is 0 Å². The fraction of sp³-hybridized carbons (Fsp3) is 0.0714. The fourth-order valence-corrected chi connectivity index (χ4v) is 1.49. The minimum absolute atomic E-state index is 0.0709. The molecule has 17 heavy (non-hydrogen) atoms. The van der Waals surface area contributed by atoms with Crippen LogP contribution in [0.5, 0.6) is 0 Å². The molecule has 0 fully saturated rings. The summed E-state index contributed by atoms with van der Waals surface area (Å²) in [7, 11) is 0. The number of allylic oxidation sites excluding steroid dienone is 2. The minimum atomic E-state index is -0.0709. The first-order valence-corrected chi connectivity index (χ1v) is 5.48. The lowest BCUT2D eigenvalue weighted by molar-refractivity contribution is -0.117. The highest BCUT2D eigenvalue weighted by atomic mass is 16.1. The molecule has 1 aliphatic heterocycles. The monoisotopic (exact) mass is 226 g/mol. The van der Waals surface area contributed by atoms with Crippen LogP contribution < -0.4 is 10.6 Å². The van der Waals surface area contributed by atoms with Gasteiger partial charge < -0.3 is 10.6 Å². The molecule has 2 N–H and O–H groups in total. The van der Waals surface area contributed by atoms with Gasteiger partial charge in [-0.05, 0) is 23.8 Å². The van der Waals surface area contributed by atoms with E-state index in [4.69, 9.17) is 0 Å². The van der Waals surface area contributed by atoms with Gasteiger partial charge in [0.25, 0.3) is 5.91 Å². The van der Waals surface area contributed by atoms with Gasteiger partial charge in [-0.25, -0.2) is 0 Å². The average molecular weight is 226 g/mol. The van der Waals surface area contributed by atoms with Gasteiger partial charge in [0.15, 0.2) is 0 Å². The molecule has 1 aromatic rings. The van der Waals surface area contributed by atoms with Crippen molar-refractivity contribution in [3.63, 3.8) is 0 Å². The summed E-state index contributed by atoms with van der Waals surface area (Å²) in [4.78, 5) is 11.8. The van der Waals surface area contributed by atoms with Gasteiger partial charge in [-0.3, -0.25) is 4.79 Å². The summed E-state index contributed by atoms with van der Waals surface area (Å²) in [6.45, 7) is 0.544. The lowest BCUT2D eigenvalue weighted by atomic mass is 10.2. The molecule has 0 spiro atoms. The molecule has 1 aliphatic rings. The van der Waals surface area contributed by atoms with E-state index in [2.05, 4.69) is 10.6 Å². The van der Waals surface area contributed by atoms with Crippen molar-refractivity contribution in [2.45, 2.75) is 6.54 Å². The summed E-state index contributed by atoms with van der Waals surface area (Å²) >= 11 is 0. The molecular formula is C14H14N2O. The lowest BCUT2D eigenvalue weighted by Gasteiger charge is -2.05. The number of amides is 1. The number of carbonyl (C=O) groups is 1. The van der Waals surface area contributed by atoms with Crippen LogP contribution >= 0.6 is 0 Å². The zero-order chi connectivity index (χ0) is 11.9. The number of hydrogen-bond acceptors (Lipinski definition) is 2. The van der Waals surface area contributed by atoms with Crippen molar-refractivity contribution in [2.24, 2.45) is 0 Å². The lowest BCUT2D eigenvalue weighted by Crippen LogP contribution is -2.23. The molecule has 0 bridgehead atoms.